The van der Waals surface area contributed by atoms with Gasteiger partial charge in [-0.25, -0.2) is 0 Å². The van der Waals surface area contributed by atoms with Crippen molar-refractivity contribution in [2.75, 3.05) is 0 Å². The fourth-order valence-electron chi connectivity index (χ4n) is 0.311. The molecule has 2 N–H and O–H groups in total. The first kappa shape index (κ1) is 10.8. The van der Waals surface area contributed by atoms with Crippen molar-refractivity contribution in [3.05, 3.63) is 12.7 Å². The van der Waals surface area contributed by atoms with Crippen molar-refractivity contribution in [3.8, 4) is 0 Å². The third kappa shape index (κ3) is 4.12. The quantitative estimate of drug-likeness (QED) is 0.455. The molecule has 1 unspecified atom stereocenters. The maximum atomic E-state index is 8.20. The average Bonchev–Trinajstić information content (AvgIpc) is 1.72. The van der Waals surface area contributed by atoms with E-state index in [4.69, 9.17) is 5.21 Å². The Bertz CT molecular complexity index is 54.4. The van der Waals surface area contributed by atoms with Gasteiger partial charge in [0.2, 0.25) is 0 Å². The van der Waals surface area contributed by atoms with Gasteiger partial charge in [0.25, 0.3) is 0 Å². The molecule has 50 valence electrons. The van der Waals surface area contributed by atoms with Gasteiger partial charge in [0.05, 0.1) is 0 Å². The smallest absolute Gasteiger partial charge is 0.0494 e. The van der Waals surface area contributed by atoms with Gasteiger partial charge in [-0.3, -0.25) is 0 Å². The van der Waals surface area contributed by atoms with Gasteiger partial charge in [-0.2, -0.15) is 5.48 Å². The van der Waals surface area contributed by atoms with Crippen LogP contribution >= 0.6 is 12.4 Å². The van der Waals surface area contributed by atoms with E-state index in [0.29, 0.717) is 0 Å². The van der Waals surface area contributed by atoms with Crippen molar-refractivity contribution in [1.29, 1.82) is 0 Å². The predicted octanol–water partition coefficient (Wildman–Crippen LogP) is 1.35. The number of nitrogens with one attached hydrogen (secondary N) is 1. The fourth-order valence-corrected chi connectivity index (χ4v) is 0.311. The first-order chi connectivity index (χ1) is 3.35. The normalized spacial score (nSPS) is 11.8. The number of rotatable bonds is 3. The van der Waals surface area contributed by atoms with E-state index in [-0.39, 0.29) is 18.4 Å². The Morgan fingerprint density at radius 2 is 2.38 bits per heavy atom. The average molecular weight is 138 g/mol. The van der Waals surface area contributed by atoms with Gasteiger partial charge in [0.1, 0.15) is 0 Å². The molecule has 0 aromatic heterocycles. The number of halogens is 1. The molecule has 3 heteroatoms. The Hall–Kier alpha value is -0.0500. The van der Waals surface area contributed by atoms with Gasteiger partial charge < -0.3 is 5.21 Å². The van der Waals surface area contributed by atoms with E-state index in [1.165, 1.54) is 0 Å². The molecular formula is C5H12ClNO. The standard InChI is InChI=1S/C5H11NO.ClH/c1-3-5(4-2)6-7;/h3,5-7H,1,4H2,2H3;1H. The highest BCUT2D eigenvalue weighted by atomic mass is 35.5. The van der Waals surface area contributed by atoms with Crippen molar-refractivity contribution in [3.63, 3.8) is 0 Å². The maximum Gasteiger partial charge on any atom is 0.0494 e. The highest BCUT2D eigenvalue weighted by molar-refractivity contribution is 5.85. The summed E-state index contributed by atoms with van der Waals surface area (Å²) in [6.45, 7) is 5.45. The van der Waals surface area contributed by atoms with Crippen molar-refractivity contribution in [2.45, 2.75) is 19.4 Å². The predicted molar refractivity (Wildman–Crippen MR) is 36.4 cm³/mol. The van der Waals surface area contributed by atoms with Crippen LogP contribution in [0.4, 0.5) is 0 Å². The van der Waals surface area contributed by atoms with Crippen molar-refractivity contribution >= 4 is 12.4 Å². The third-order valence-electron chi connectivity index (χ3n) is 0.890. The lowest BCUT2D eigenvalue weighted by atomic mass is 10.2. The summed E-state index contributed by atoms with van der Waals surface area (Å²) < 4.78 is 0. The maximum absolute atomic E-state index is 8.20. The highest BCUT2D eigenvalue weighted by Crippen LogP contribution is 1.86. The summed E-state index contributed by atoms with van der Waals surface area (Å²) in [4.78, 5) is 0. The van der Waals surface area contributed by atoms with Gasteiger partial charge in [-0.1, -0.05) is 13.0 Å². The molecule has 0 aliphatic carbocycles. The summed E-state index contributed by atoms with van der Waals surface area (Å²) in [5.41, 5.74) is 2.08. The zero-order valence-corrected chi connectivity index (χ0v) is 5.74. The molecule has 1 atom stereocenters. The highest BCUT2D eigenvalue weighted by Gasteiger charge is 1.92. The van der Waals surface area contributed by atoms with Gasteiger partial charge >= 0.3 is 0 Å². The number of hydrogen-bond acceptors (Lipinski definition) is 2. The van der Waals surface area contributed by atoms with Gasteiger partial charge in [-0.05, 0) is 6.42 Å². The Morgan fingerprint density at radius 1 is 1.88 bits per heavy atom. The topological polar surface area (TPSA) is 32.3 Å². The van der Waals surface area contributed by atoms with E-state index >= 15 is 0 Å². The van der Waals surface area contributed by atoms with Gasteiger partial charge in [-0.15, -0.1) is 19.0 Å². The molecule has 0 saturated heterocycles. The first-order valence-electron chi connectivity index (χ1n) is 2.37. The molecule has 8 heavy (non-hydrogen) atoms. The zero-order chi connectivity index (χ0) is 5.70. The van der Waals surface area contributed by atoms with Crippen molar-refractivity contribution in [1.82, 2.24) is 5.48 Å². The van der Waals surface area contributed by atoms with Crippen LogP contribution in [-0.4, -0.2) is 11.2 Å². The number of hydrogen-bond donors (Lipinski definition) is 2. The van der Waals surface area contributed by atoms with E-state index < -0.39 is 0 Å². The molecule has 0 rings (SSSR count). The van der Waals surface area contributed by atoms with Crippen molar-refractivity contribution < 1.29 is 5.21 Å². The molecule has 0 radical (unpaired) electrons. The lowest BCUT2D eigenvalue weighted by Crippen LogP contribution is -2.21. The van der Waals surface area contributed by atoms with Crippen LogP contribution in [0, 0.1) is 0 Å². The van der Waals surface area contributed by atoms with E-state index in [1.807, 2.05) is 6.92 Å². The van der Waals surface area contributed by atoms with E-state index in [0.717, 1.165) is 6.42 Å². The molecule has 0 aliphatic heterocycles. The Balaban J connectivity index is 0. The van der Waals surface area contributed by atoms with Crippen LogP contribution < -0.4 is 5.48 Å². The molecule has 2 nitrogen and oxygen atoms in total. The van der Waals surface area contributed by atoms with Crippen LogP contribution in [0.3, 0.4) is 0 Å². The minimum Gasteiger partial charge on any atom is -0.316 e. The summed E-state index contributed by atoms with van der Waals surface area (Å²) in [5.74, 6) is 0. The first-order valence-corrected chi connectivity index (χ1v) is 2.37. The second-order valence-corrected chi connectivity index (χ2v) is 1.38. The summed E-state index contributed by atoms with van der Waals surface area (Å²) in [6.07, 6.45) is 2.54. The molecule has 0 aromatic carbocycles. The molecule has 0 fully saturated rings. The Kier molecular flexibility index (Phi) is 9.42. The summed E-state index contributed by atoms with van der Waals surface area (Å²) in [7, 11) is 0. The van der Waals surface area contributed by atoms with Crippen LogP contribution in [0.5, 0.6) is 0 Å². The second-order valence-electron chi connectivity index (χ2n) is 1.38. The molecule has 0 amide bonds. The van der Waals surface area contributed by atoms with E-state index in [1.54, 1.807) is 6.08 Å². The molecule has 0 aromatic rings. The van der Waals surface area contributed by atoms with Crippen LogP contribution in [0.2, 0.25) is 0 Å². The number of hydroxylamine groups is 1. The minimum atomic E-state index is 0. The zero-order valence-electron chi connectivity index (χ0n) is 4.92. The molecule has 0 bridgehead atoms. The molecule has 0 saturated carbocycles. The van der Waals surface area contributed by atoms with E-state index in [9.17, 15) is 0 Å². The minimum absolute atomic E-state index is 0. The fraction of sp³-hybridized carbons (Fsp3) is 0.600. The van der Waals surface area contributed by atoms with Crippen LogP contribution in [0.15, 0.2) is 12.7 Å². The summed E-state index contributed by atoms with van der Waals surface area (Å²) in [5, 5.41) is 8.20. The summed E-state index contributed by atoms with van der Waals surface area (Å²) in [6, 6.07) is 0.0556. The monoisotopic (exact) mass is 137 g/mol. The van der Waals surface area contributed by atoms with E-state index in [2.05, 4.69) is 12.1 Å². The van der Waals surface area contributed by atoms with Gasteiger partial charge in [0, 0.05) is 6.04 Å². The van der Waals surface area contributed by atoms with Crippen LogP contribution in [-0.2, 0) is 0 Å². The molecule has 0 spiro atoms. The van der Waals surface area contributed by atoms with Crippen LogP contribution in [0.1, 0.15) is 13.3 Å². The summed E-state index contributed by atoms with van der Waals surface area (Å²) >= 11 is 0. The lowest BCUT2D eigenvalue weighted by Gasteiger charge is -2.02. The largest absolute Gasteiger partial charge is 0.316 e. The SMILES string of the molecule is C=CC(CC)NO.Cl. The lowest BCUT2D eigenvalue weighted by molar-refractivity contribution is 0.142. The van der Waals surface area contributed by atoms with Crippen LogP contribution in [0.25, 0.3) is 0 Å². The van der Waals surface area contributed by atoms with Gasteiger partial charge in [0.15, 0.2) is 0 Å². The Labute approximate surface area is 56.0 Å². The van der Waals surface area contributed by atoms with Crippen molar-refractivity contribution in [2.24, 2.45) is 0 Å². The second kappa shape index (κ2) is 6.95. The molecular weight excluding hydrogens is 126 g/mol. The Morgan fingerprint density at radius 3 is 2.38 bits per heavy atom. The molecule has 0 aliphatic rings. The molecule has 0 heterocycles. The third-order valence-corrected chi connectivity index (χ3v) is 0.890.